The fraction of sp³-hybridized carbons (Fsp3) is 1.00. The summed E-state index contributed by atoms with van der Waals surface area (Å²) in [7, 11) is 1.59. The van der Waals surface area contributed by atoms with E-state index in [1.165, 1.54) is 0 Å². The minimum atomic E-state index is 0.166. The van der Waals surface area contributed by atoms with Crippen molar-refractivity contribution in [2.75, 3.05) is 13.6 Å². The highest BCUT2D eigenvalue weighted by Gasteiger charge is 1.93. The first-order chi connectivity index (χ1) is 3.63. The summed E-state index contributed by atoms with van der Waals surface area (Å²) in [5, 5.41) is 10.5. The fourth-order valence-corrected chi connectivity index (χ4v) is 0.431. The lowest BCUT2D eigenvalue weighted by Crippen LogP contribution is -3.03. The molecule has 2 atom stereocenters. The van der Waals surface area contributed by atoms with Crippen molar-refractivity contribution in [1.29, 1.82) is 0 Å². The highest BCUT2D eigenvalue weighted by Crippen LogP contribution is 1.77. The molecule has 3 heteroatoms. The van der Waals surface area contributed by atoms with Crippen LogP contribution in [0.15, 0.2) is 0 Å². The molecule has 0 saturated carbocycles. The summed E-state index contributed by atoms with van der Waals surface area (Å²) < 4.78 is 0. The zero-order valence-electron chi connectivity index (χ0n) is 5.48. The molecule has 0 aliphatic carbocycles. The Balaban J connectivity index is 2.93. The Morgan fingerprint density at radius 3 is 2.38 bits per heavy atom. The summed E-state index contributed by atoms with van der Waals surface area (Å²) in [5.41, 5.74) is 5.39. The lowest BCUT2D eigenvalue weighted by Gasteiger charge is -2.16. The summed E-state index contributed by atoms with van der Waals surface area (Å²) in [6.45, 7) is 2.53. The molecular weight excluding hydrogens is 104 g/mol. The molecule has 3 nitrogen and oxygen atoms in total. The van der Waals surface area contributed by atoms with E-state index < -0.39 is 0 Å². The van der Waals surface area contributed by atoms with Crippen LogP contribution in [0, 0.1) is 5.21 Å². The number of rotatable bonds is 3. The second-order valence-corrected chi connectivity index (χ2v) is 2.22. The maximum absolute atomic E-state index is 10.3. The van der Waals surface area contributed by atoms with Crippen LogP contribution in [0.1, 0.15) is 13.3 Å². The van der Waals surface area contributed by atoms with Gasteiger partial charge in [-0.1, -0.05) is 0 Å². The van der Waals surface area contributed by atoms with Crippen molar-refractivity contribution in [3.8, 4) is 0 Å². The molecule has 0 aromatic rings. The van der Waals surface area contributed by atoms with Crippen LogP contribution in [0.3, 0.4) is 0 Å². The third kappa shape index (κ3) is 5.88. The van der Waals surface area contributed by atoms with E-state index >= 15 is 0 Å². The van der Waals surface area contributed by atoms with Crippen LogP contribution in [-0.2, 0) is 0 Å². The predicted molar refractivity (Wildman–Crippen MR) is 33.4 cm³/mol. The van der Waals surface area contributed by atoms with Crippen molar-refractivity contribution in [1.82, 2.24) is 0 Å². The van der Waals surface area contributed by atoms with Crippen LogP contribution in [0.4, 0.5) is 0 Å². The molecule has 0 radical (unpaired) electrons. The van der Waals surface area contributed by atoms with E-state index in [2.05, 4.69) is 0 Å². The largest absolute Gasteiger partial charge is 0.634 e. The first kappa shape index (κ1) is 7.88. The van der Waals surface area contributed by atoms with Crippen molar-refractivity contribution in [3.63, 3.8) is 0 Å². The molecule has 0 bridgehead atoms. The summed E-state index contributed by atoms with van der Waals surface area (Å²) in [5.74, 6) is 0. The number of nitrogens with two attached hydrogens (primary N) is 1. The first-order valence-corrected chi connectivity index (χ1v) is 2.88. The van der Waals surface area contributed by atoms with E-state index in [0.717, 1.165) is 6.42 Å². The molecule has 50 valence electrons. The number of hydroxylamine groups is 2. The van der Waals surface area contributed by atoms with Gasteiger partial charge in [0.25, 0.3) is 0 Å². The molecule has 0 aromatic heterocycles. The normalized spacial score (nSPS) is 18.0. The third-order valence-electron chi connectivity index (χ3n) is 0.952. The summed E-state index contributed by atoms with van der Waals surface area (Å²) in [6.07, 6.45) is 0.815. The van der Waals surface area contributed by atoms with E-state index in [0.29, 0.717) is 6.54 Å². The van der Waals surface area contributed by atoms with Crippen molar-refractivity contribution >= 4 is 0 Å². The van der Waals surface area contributed by atoms with Crippen molar-refractivity contribution in [2.24, 2.45) is 5.73 Å². The van der Waals surface area contributed by atoms with Gasteiger partial charge in [0.2, 0.25) is 0 Å². The Kier molecular flexibility index (Phi) is 3.77. The van der Waals surface area contributed by atoms with Crippen LogP contribution in [0.2, 0.25) is 0 Å². The highest BCUT2D eigenvalue weighted by molar-refractivity contribution is 4.48. The second-order valence-electron chi connectivity index (χ2n) is 2.22. The minimum Gasteiger partial charge on any atom is -0.634 e. The Labute approximate surface area is 50.0 Å². The van der Waals surface area contributed by atoms with Gasteiger partial charge < -0.3 is 16.0 Å². The Hall–Kier alpha value is -0.120. The maximum atomic E-state index is 10.3. The molecule has 3 N–H and O–H groups in total. The molecule has 2 unspecified atom stereocenters. The minimum absolute atomic E-state index is 0.166. The molecule has 0 amide bonds. The van der Waals surface area contributed by atoms with Gasteiger partial charge in [0, 0.05) is 12.5 Å². The quantitative estimate of drug-likeness (QED) is 0.454. The number of quaternary nitrogens is 1. The summed E-state index contributed by atoms with van der Waals surface area (Å²) >= 11 is 0. The summed E-state index contributed by atoms with van der Waals surface area (Å²) in [6, 6.07) is 0.166. The van der Waals surface area contributed by atoms with Crippen molar-refractivity contribution < 1.29 is 5.06 Å². The van der Waals surface area contributed by atoms with Gasteiger partial charge in [-0.3, -0.25) is 0 Å². The van der Waals surface area contributed by atoms with Crippen LogP contribution in [0.5, 0.6) is 0 Å². The van der Waals surface area contributed by atoms with Crippen molar-refractivity contribution in [3.05, 3.63) is 5.21 Å². The molecule has 0 rings (SSSR count). The zero-order chi connectivity index (χ0) is 6.57. The molecule has 0 heterocycles. The molecule has 0 spiro atoms. The molecule has 0 aliphatic heterocycles. The molecule has 0 fully saturated rings. The second kappa shape index (κ2) is 3.83. The van der Waals surface area contributed by atoms with Crippen LogP contribution in [0.25, 0.3) is 0 Å². The molecule has 8 heavy (non-hydrogen) atoms. The average molecular weight is 118 g/mol. The van der Waals surface area contributed by atoms with Crippen LogP contribution in [-0.4, -0.2) is 19.6 Å². The van der Waals surface area contributed by atoms with Gasteiger partial charge in [0.05, 0.1) is 13.6 Å². The smallest absolute Gasteiger partial charge is 0.0781 e. The SMILES string of the molecule is CC(N)CC[NH+](C)[O-]. The van der Waals surface area contributed by atoms with E-state index in [4.69, 9.17) is 5.73 Å². The van der Waals surface area contributed by atoms with Gasteiger partial charge in [-0.2, -0.15) is 0 Å². The third-order valence-corrected chi connectivity index (χ3v) is 0.952. The maximum Gasteiger partial charge on any atom is 0.0781 e. The number of hydrogen-bond acceptors (Lipinski definition) is 2. The van der Waals surface area contributed by atoms with Gasteiger partial charge in [-0.05, 0) is 6.92 Å². The highest BCUT2D eigenvalue weighted by atomic mass is 16.5. The van der Waals surface area contributed by atoms with Crippen LogP contribution < -0.4 is 10.8 Å². The standard InChI is InChI=1S/C5H14N2O/c1-5(6)3-4-7(2)8/h5,7H,3-4,6H2,1-2H3. The lowest BCUT2D eigenvalue weighted by atomic mass is 10.2. The Morgan fingerprint density at radius 1 is 1.75 bits per heavy atom. The van der Waals surface area contributed by atoms with E-state index in [1.54, 1.807) is 7.05 Å². The number of hydrogen-bond donors (Lipinski definition) is 2. The number of nitrogens with one attached hydrogen (secondary N) is 1. The Morgan fingerprint density at radius 2 is 2.25 bits per heavy atom. The van der Waals surface area contributed by atoms with E-state index in [9.17, 15) is 5.21 Å². The summed E-state index contributed by atoms with van der Waals surface area (Å²) in [4.78, 5) is 0. The van der Waals surface area contributed by atoms with Crippen molar-refractivity contribution in [2.45, 2.75) is 19.4 Å². The van der Waals surface area contributed by atoms with E-state index in [1.807, 2.05) is 6.92 Å². The van der Waals surface area contributed by atoms with Crippen LogP contribution >= 0.6 is 0 Å². The van der Waals surface area contributed by atoms with Gasteiger partial charge in [-0.15, -0.1) is 0 Å². The topological polar surface area (TPSA) is 53.5 Å². The first-order valence-electron chi connectivity index (χ1n) is 2.88. The van der Waals surface area contributed by atoms with Gasteiger partial charge in [0.1, 0.15) is 0 Å². The zero-order valence-corrected chi connectivity index (χ0v) is 5.48. The molecular formula is C5H14N2O. The van der Waals surface area contributed by atoms with Gasteiger partial charge in [0.15, 0.2) is 0 Å². The molecule has 0 aliphatic rings. The molecule has 0 aromatic carbocycles. The lowest BCUT2D eigenvalue weighted by molar-refractivity contribution is -0.826. The fourth-order valence-electron chi connectivity index (χ4n) is 0.431. The van der Waals surface area contributed by atoms with Gasteiger partial charge >= 0.3 is 0 Å². The molecule has 0 saturated heterocycles. The monoisotopic (exact) mass is 118 g/mol. The van der Waals surface area contributed by atoms with Gasteiger partial charge in [-0.25, -0.2) is 0 Å². The Bertz CT molecular complexity index is 46.4. The predicted octanol–water partition coefficient (Wildman–Crippen LogP) is -1.26. The average Bonchev–Trinajstić information content (AvgIpc) is 1.61. The van der Waals surface area contributed by atoms with E-state index in [-0.39, 0.29) is 11.1 Å².